The van der Waals surface area contributed by atoms with Gasteiger partial charge in [-0.25, -0.2) is 4.79 Å². The van der Waals surface area contributed by atoms with Crippen molar-refractivity contribution in [3.05, 3.63) is 59.7 Å². The van der Waals surface area contributed by atoms with Crippen molar-refractivity contribution in [2.45, 2.75) is 33.1 Å². The van der Waals surface area contributed by atoms with E-state index in [1.165, 1.54) is 0 Å². The van der Waals surface area contributed by atoms with Gasteiger partial charge < -0.3 is 20.1 Å². The maximum Gasteiger partial charge on any atom is 0.407 e. The molecule has 2 unspecified atom stereocenters. The van der Waals surface area contributed by atoms with Crippen LogP contribution in [0.1, 0.15) is 44.2 Å². The molecule has 0 spiro atoms. The normalized spacial score (nSPS) is 20.1. The molecule has 7 nitrogen and oxygen atoms in total. The molecule has 1 saturated heterocycles. The molecule has 2 N–H and O–H groups in total. The van der Waals surface area contributed by atoms with E-state index in [4.69, 9.17) is 4.74 Å². The van der Waals surface area contributed by atoms with Crippen LogP contribution in [0.3, 0.4) is 0 Å². The first-order valence-electron chi connectivity index (χ1n) is 11.8. The quantitative estimate of drug-likeness (QED) is 0.643. The smallest absolute Gasteiger partial charge is 0.407 e. The molecular formula is C27H32N2O5. The number of fused-ring (bicyclic) bond motifs is 3. The van der Waals surface area contributed by atoms with Gasteiger partial charge in [-0.15, -0.1) is 0 Å². The van der Waals surface area contributed by atoms with E-state index in [0.717, 1.165) is 22.3 Å². The van der Waals surface area contributed by atoms with E-state index in [1.807, 2.05) is 38.1 Å². The average Bonchev–Trinajstić information content (AvgIpc) is 3.37. The Kier molecular flexibility index (Phi) is 6.64. The number of carboxylic acid groups (broad SMARTS) is 1. The van der Waals surface area contributed by atoms with Crippen molar-refractivity contribution >= 4 is 18.0 Å². The molecule has 0 bridgehead atoms. The predicted octanol–water partition coefficient (Wildman–Crippen LogP) is 4.12. The summed E-state index contributed by atoms with van der Waals surface area (Å²) in [6, 6.07) is 16.3. The number of hydrogen-bond acceptors (Lipinski definition) is 4. The van der Waals surface area contributed by atoms with Gasteiger partial charge in [0, 0.05) is 25.6 Å². The van der Waals surface area contributed by atoms with Gasteiger partial charge in [0.2, 0.25) is 5.91 Å². The summed E-state index contributed by atoms with van der Waals surface area (Å²) >= 11 is 0. The molecule has 1 heterocycles. The highest BCUT2D eigenvalue weighted by Crippen LogP contribution is 2.44. The van der Waals surface area contributed by atoms with Crippen molar-refractivity contribution in [1.82, 2.24) is 10.2 Å². The summed E-state index contributed by atoms with van der Waals surface area (Å²) in [4.78, 5) is 38.8. The molecule has 2 amide bonds. The van der Waals surface area contributed by atoms with Crippen molar-refractivity contribution in [3.63, 3.8) is 0 Å². The predicted molar refractivity (Wildman–Crippen MR) is 128 cm³/mol. The Morgan fingerprint density at radius 2 is 1.68 bits per heavy atom. The van der Waals surface area contributed by atoms with Gasteiger partial charge in [0.15, 0.2) is 0 Å². The molecule has 0 aromatic heterocycles. The molecule has 2 aliphatic rings. The Morgan fingerprint density at radius 3 is 2.21 bits per heavy atom. The molecule has 4 rings (SSSR count). The molecule has 2 aromatic carbocycles. The number of nitrogens with one attached hydrogen (secondary N) is 1. The van der Waals surface area contributed by atoms with E-state index in [9.17, 15) is 19.5 Å². The zero-order chi connectivity index (χ0) is 24.5. The molecule has 2 aromatic rings. The third kappa shape index (κ3) is 4.52. The van der Waals surface area contributed by atoms with Crippen molar-refractivity contribution in [1.29, 1.82) is 0 Å². The minimum absolute atomic E-state index is 0.0157. The number of benzene rings is 2. The average molecular weight is 465 g/mol. The molecule has 34 heavy (non-hydrogen) atoms. The van der Waals surface area contributed by atoms with Crippen LogP contribution >= 0.6 is 0 Å². The highest BCUT2D eigenvalue weighted by Gasteiger charge is 2.43. The fourth-order valence-corrected chi connectivity index (χ4v) is 5.01. The van der Waals surface area contributed by atoms with Crippen molar-refractivity contribution < 1.29 is 24.2 Å². The molecule has 1 aliphatic heterocycles. The second kappa shape index (κ2) is 9.49. The number of hydrogen-bond donors (Lipinski definition) is 2. The van der Waals surface area contributed by atoms with Gasteiger partial charge in [0.05, 0.1) is 11.3 Å². The number of aliphatic carboxylic acids is 1. The van der Waals surface area contributed by atoms with Crippen LogP contribution in [0.4, 0.5) is 4.79 Å². The van der Waals surface area contributed by atoms with Gasteiger partial charge in [0.1, 0.15) is 6.61 Å². The first-order valence-corrected chi connectivity index (χ1v) is 11.8. The molecular weight excluding hydrogens is 432 g/mol. The maximum atomic E-state index is 13.1. The fourth-order valence-electron chi connectivity index (χ4n) is 5.01. The Hall–Kier alpha value is -3.35. The lowest BCUT2D eigenvalue weighted by Gasteiger charge is -2.27. The van der Waals surface area contributed by atoms with Crippen LogP contribution in [0.25, 0.3) is 11.1 Å². The number of carbonyl (C=O) groups is 3. The van der Waals surface area contributed by atoms with Gasteiger partial charge in [-0.3, -0.25) is 9.59 Å². The Labute approximate surface area is 200 Å². The van der Waals surface area contributed by atoms with Crippen LogP contribution in [-0.2, 0) is 14.3 Å². The van der Waals surface area contributed by atoms with Crippen molar-refractivity contribution in [2.75, 3.05) is 26.2 Å². The number of ether oxygens (including phenoxy) is 1. The van der Waals surface area contributed by atoms with Crippen LogP contribution in [0.15, 0.2) is 48.5 Å². The molecule has 2 atom stereocenters. The van der Waals surface area contributed by atoms with Crippen LogP contribution in [-0.4, -0.2) is 54.2 Å². The zero-order valence-electron chi connectivity index (χ0n) is 19.9. The third-order valence-corrected chi connectivity index (χ3v) is 7.23. The number of nitrogens with zero attached hydrogens (tertiary/aromatic N) is 1. The number of carbonyl (C=O) groups excluding carboxylic acids is 2. The minimum Gasteiger partial charge on any atom is -0.481 e. The van der Waals surface area contributed by atoms with Crippen LogP contribution in [0.2, 0.25) is 0 Å². The molecule has 0 radical (unpaired) electrons. The topological polar surface area (TPSA) is 95.9 Å². The molecule has 0 saturated carbocycles. The summed E-state index contributed by atoms with van der Waals surface area (Å²) in [6.07, 6.45) is -0.129. The first kappa shape index (κ1) is 23.8. The zero-order valence-corrected chi connectivity index (χ0v) is 19.9. The number of rotatable bonds is 7. The van der Waals surface area contributed by atoms with E-state index in [2.05, 4.69) is 29.6 Å². The molecule has 7 heteroatoms. The monoisotopic (exact) mass is 464 g/mol. The van der Waals surface area contributed by atoms with Gasteiger partial charge in [-0.1, -0.05) is 62.4 Å². The highest BCUT2D eigenvalue weighted by atomic mass is 16.5. The van der Waals surface area contributed by atoms with E-state index in [0.29, 0.717) is 13.0 Å². The van der Waals surface area contributed by atoms with Gasteiger partial charge >= 0.3 is 12.1 Å². The summed E-state index contributed by atoms with van der Waals surface area (Å²) < 4.78 is 5.59. The van der Waals surface area contributed by atoms with Crippen LogP contribution in [0.5, 0.6) is 0 Å². The summed E-state index contributed by atoms with van der Waals surface area (Å²) in [5, 5.41) is 12.2. The Bertz CT molecular complexity index is 1050. The standard InChI is InChI=1S/C27H32N2O5/c1-17(2)22(24(30)29-13-12-27(3,16-29)25(31)32)14-28-26(33)34-15-23-20-10-6-4-8-18(20)19-9-5-7-11-21(19)23/h4-11,17,22-23H,12-16H2,1-3H3,(H,28,33)(H,31,32). The molecule has 1 fully saturated rings. The van der Waals surface area contributed by atoms with Gasteiger partial charge in [0.25, 0.3) is 0 Å². The number of amides is 2. The summed E-state index contributed by atoms with van der Waals surface area (Å²) in [5.74, 6) is -1.51. The van der Waals surface area contributed by atoms with Crippen LogP contribution < -0.4 is 5.32 Å². The van der Waals surface area contributed by atoms with Gasteiger partial charge in [-0.05, 0) is 41.5 Å². The first-order chi connectivity index (χ1) is 16.2. The number of likely N-dealkylation sites (tertiary alicyclic amines) is 1. The number of carboxylic acids is 1. The van der Waals surface area contributed by atoms with E-state index in [-0.39, 0.29) is 37.4 Å². The SMILES string of the molecule is CC(C)C(CNC(=O)OCC1c2ccccc2-c2ccccc21)C(=O)N1CCC(C)(C(=O)O)C1. The number of alkyl carbamates (subject to hydrolysis) is 1. The highest BCUT2D eigenvalue weighted by molar-refractivity contribution is 5.83. The van der Waals surface area contributed by atoms with Gasteiger partial charge in [-0.2, -0.15) is 0 Å². The van der Waals surface area contributed by atoms with E-state index >= 15 is 0 Å². The minimum atomic E-state index is -0.919. The second-order valence-corrected chi connectivity index (χ2v) is 9.93. The van der Waals surface area contributed by atoms with E-state index < -0.39 is 23.4 Å². The lowest BCUT2D eigenvalue weighted by molar-refractivity contribution is -0.147. The summed E-state index contributed by atoms with van der Waals surface area (Å²) in [7, 11) is 0. The largest absolute Gasteiger partial charge is 0.481 e. The third-order valence-electron chi connectivity index (χ3n) is 7.23. The summed E-state index contributed by atoms with van der Waals surface area (Å²) in [5.41, 5.74) is 3.69. The van der Waals surface area contributed by atoms with Crippen molar-refractivity contribution in [2.24, 2.45) is 17.3 Å². The molecule has 1 aliphatic carbocycles. The second-order valence-electron chi connectivity index (χ2n) is 9.93. The molecule has 180 valence electrons. The Morgan fingerprint density at radius 1 is 1.09 bits per heavy atom. The Balaban J connectivity index is 1.35. The van der Waals surface area contributed by atoms with E-state index in [1.54, 1.807) is 11.8 Å². The fraction of sp³-hybridized carbons (Fsp3) is 0.444. The lowest BCUT2D eigenvalue weighted by atomic mass is 9.90. The lowest BCUT2D eigenvalue weighted by Crippen LogP contribution is -2.44. The summed E-state index contributed by atoms with van der Waals surface area (Å²) in [6.45, 7) is 6.48. The maximum absolute atomic E-state index is 13.1. The van der Waals surface area contributed by atoms with Crippen molar-refractivity contribution in [3.8, 4) is 11.1 Å². The van der Waals surface area contributed by atoms with Crippen LogP contribution in [0, 0.1) is 17.3 Å².